The molecule has 20 heavy (non-hydrogen) atoms. The average Bonchev–Trinajstić information content (AvgIpc) is 2.47. The van der Waals surface area contributed by atoms with Crippen LogP contribution < -0.4 is 5.73 Å². The minimum absolute atomic E-state index is 0.549. The van der Waals surface area contributed by atoms with Crippen LogP contribution in [0.3, 0.4) is 0 Å². The predicted molar refractivity (Wildman–Crippen MR) is 84.3 cm³/mol. The summed E-state index contributed by atoms with van der Waals surface area (Å²) in [7, 11) is 0. The molecule has 0 saturated heterocycles. The lowest BCUT2D eigenvalue weighted by Gasteiger charge is -2.55. The van der Waals surface area contributed by atoms with Crippen LogP contribution in [0, 0.1) is 35.0 Å². The fourth-order valence-electron chi connectivity index (χ4n) is 6.84. The molecule has 0 unspecified atom stereocenters. The molecule has 5 rings (SSSR count). The maximum absolute atomic E-state index is 6.20. The van der Waals surface area contributed by atoms with E-state index in [2.05, 4.69) is 0 Å². The summed E-state index contributed by atoms with van der Waals surface area (Å²) < 4.78 is 0. The maximum atomic E-state index is 6.20. The molecule has 5 fully saturated rings. The Hall–Kier alpha value is -0.0400. The summed E-state index contributed by atoms with van der Waals surface area (Å²) in [6.45, 7) is 0.959. The quantitative estimate of drug-likeness (QED) is 0.787. The first-order valence-electron chi connectivity index (χ1n) is 9.48. The van der Waals surface area contributed by atoms with Crippen LogP contribution in [0.15, 0.2) is 0 Å². The first-order chi connectivity index (χ1) is 9.78. The molecule has 0 heterocycles. The molecule has 114 valence electrons. The third-order valence-electron chi connectivity index (χ3n) is 7.78. The Morgan fingerprint density at radius 3 is 1.95 bits per heavy atom. The maximum Gasteiger partial charge on any atom is -0.00205 e. The van der Waals surface area contributed by atoms with Crippen molar-refractivity contribution in [3.63, 3.8) is 0 Å². The van der Waals surface area contributed by atoms with Crippen molar-refractivity contribution in [2.24, 2.45) is 40.7 Å². The standard InChI is InChI=1S/C19H33N/c20-13-19(5-2-1-3-6-19)7-4-18-16-9-14-8-15(11-16)12-17(18)10-14/h14-18H,1-13,20H2. The summed E-state index contributed by atoms with van der Waals surface area (Å²) in [6, 6.07) is 0. The fourth-order valence-corrected chi connectivity index (χ4v) is 6.84. The Kier molecular flexibility index (Phi) is 3.61. The molecule has 0 aromatic carbocycles. The van der Waals surface area contributed by atoms with Crippen LogP contribution >= 0.6 is 0 Å². The summed E-state index contributed by atoms with van der Waals surface area (Å²) in [5.41, 5.74) is 6.75. The van der Waals surface area contributed by atoms with Crippen LogP contribution in [0.25, 0.3) is 0 Å². The smallest absolute Gasteiger partial charge is 0.00205 e. The van der Waals surface area contributed by atoms with Gasteiger partial charge in [0, 0.05) is 0 Å². The lowest BCUT2D eigenvalue weighted by atomic mass is 9.50. The lowest BCUT2D eigenvalue weighted by molar-refractivity contribution is -0.0453. The van der Waals surface area contributed by atoms with Gasteiger partial charge < -0.3 is 5.73 Å². The largest absolute Gasteiger partial charge is 0.330 e. The zero-order chi connectivity index (χ0) is 13.6. The number of hydrogen-bond donors (Lipinski definition) is 1. The van der Waals surface area contributed by atoms with Gasteiger partial charge in [-0.05, 0) is 99.3 Å². The van der Waals surface area contributed by atoms with Crippen molar-refractivity contribution in [3.05, 3.63) is 0 Å². The van der Waals surface area contributed by atoms with Gasteiger partial charge in [-0.2, -0.15) is 0 Å². The zero-order valence-corrected chi connectivity index (χ0v) is 13.2. The molecule has 1 nitrogen and oxygen atoms in total. The van der Waals surface area contributed by atoms with Crippen LogP contribution in [0.4, 0.5) is 0 Å². The molecule has 1 heteroatoms. The Balaban J connectivity index is 1.39. The van der Waals surface area contributed by atoms with E-state index < -0.39 is 0 Å². The van der Waals surface area contributed by atoms with Crippen LogP contribution in [0.2, 0.25) is 0 Å². The first-order valence-corrected chi connectivity index (χ1v) is 9.48. The van der Waals surface area contributed by atoms with Gasteiger partial charge >= 0.3 is 0 Å². The molecule has 0 atom stereocenters. The number of rotatable bonds is 4. The molecule has 0 radical (unpaired) electrons. The molecule has 0 aromatic rings. The summed E-state index contributed by atoms with van der Waals surface area (Å²) in [4.78, 5) is 0. The van der Waals surface area contributed by atoms with Crippen molar-refractivity contribution in [2.75, 3.05) is 6.54 Å². The SMILES string of the molecule is NCC1(CCC2C3CC4CC(C3)CC2C4)CCCCC1. The second kappa shape index (κ2) is 5.30. The van der Waals surface area contributed by atoms with Crippen LogP contribution in [0.1, 0.15) is 77.0 Å². The summed E-state index contributed by atoms with van der Waals surface area (Å²) in [5.74, 6) is 5.58. The van der Waals surface area contributed by atoms with Crippen molar-refractivity contribution in [1.29, 1.82) is 0 Å². The van der Waals surface area contributed by atoms with Crippen LogP contribution in [-0.2, 0) is 0 Å². The Morgan fingerprint density at radius 1 is 0.800 bits per heavy atom. The monoisotopic (exact) mass is 275 g/mol. The highest BCUT2D eigenvalue weighted by molar-refractivity contribution is 4.98. The van der Waals surface area contributed by atoms with E-state index in [0.717, 1.165) is 36.1 Å². The topological polar surface area (TPSA) is 26.0 Å². The highest BCUT2D eigenvalue weighted by Crippen LogP contribution is 2.58. The third-order valence-corrected chi connectivity index (χ3v) is 7.78. The fraction of sp³-hybridized carbons (Fsp3) is 1.00. The minimum Gasteiger partial charge on any atom is -0.330 e. The van der Waals surface area contributed by atoms with E-state index in [9.17, 15) is 0 Å². The van der Waals surface area contributed by atoms with E-state index in [0.29, 0.717) is 5.41 Å². The molecule has 0 aliphatic heterocycles. The average molecular weight is 275 g/mol. The third kappa shape index (κ3) is 2.34. The zero-order valence-electron chi connectivity index (χ0n) is 13.2. The first kappa shape index (κ1) is 13.6. The van der Waals surface area contributed by atoms with Gasteiger partial charge in [0.25, 0.3) is 0 Å². The van der Waals surface area contributed by atoms with E-state index in [-0.39, 0.29) is 0 Å². The Bertz CT molecular complexity index is 314. The summed E-state index contributed by atoms with van der Waals surface area (Å²) in [6.07, 6.45) is 18.1. The van der Waals surface area contributed by atoms with Gasteiger partial charge in [-0.25, -0.2) is 0 Å². The van der Waals surface area contributed by atoms with Crippen LogP contribution in [-0.4, -0.2) is 6.54 Å². The molecule has 2 N–H and O–H groups in total. The van der Waals surface area contributed by atoms with E-state index in [1.54, 1.807) is 32.1 Å². The van der Waals surface area contributed by atoms with Crippen molar-refractivity contribution >= 4 is 0 Å². The van der Waals surface area contributed by atoms with Gasteiger partial charge in [0.05, 0.1) is 0 Å². The Morgan fingerprint density at radius 2 is 1.40 bits per heavy atom. The van der Waals surface area contributed by atoms with E-state index in [1.165, 1.54) is 44.9 Å². The molecular weight excluding hydrogens is 242 g/mol. The lowest BCUT2D eigenvalue weighted by Crippen LogP contribution is -2.45. The molecule has 0 spiro atoms. The normalized spacial score (nSPS) is 45.8. The summed E-state index contributed by atoms with van der Waals surface area (Å²) in [5, 5.41) is 0. The van der Waals surface area contributed by atoms with Gasteiger partial charge in [-0.15, -0.1) is 0 Å². The van der Waals surface area contributed by atoms with Gasteiger partial charge in [0.1, 0.15) is 0 Å². The van der Waals surface area contributed by atoms with E-state index in [4.69, 9.17) is 5.73 Å². The molecular formula is C19H33N. The molecule has 5 aliphatic carbocycles. The van der Waals surface area contributed by atoms with Gasteiger partial charge in [-0.3, -0.25) is 0 Å². The molecule has 0 aromatic heterocycles. The van der Waals surface area contributed by atoms with Crippen molar-refractivity contribution in [3.8, 4) is 0 Å². The summed E-state index contributed by atoms with van der Waals surface area (Å²) >= 11 is 0. The number of nitrogens with two attached hydrogens (primary N) is 1. The van der Waals surface area contributed by atoms with Crippen molar-refractivity contribution in [1.82, 2.24) is 0 Å². The van der Waals surface area contributed by atoms with E-state index >= 15 is 0 Å². The van der Waals surface area contributed by atoms with Crippen molar-refractivity contribution < 1.29 is 0 Å². The van der Waals surface area contributed by atoms with E-state index in [1.807, 2.05) is 0 Å². The second-order valence-electron chi connectivity index (χ2n) is 8.90. The van der Waals surface area contributed by atoms with Gasteiger partial charge in [0.2, 0.25) is 0 Å². The van der Waals surface area contributed by atoms with Gasteiger partial charge in [0.15, 0.2) is 0 Å². The molecule has 5 saturated carbocycles. The molecule has 5 aliphatic rings. The number of hydrogen-bond acceptors (Lipinski definition) is 1. The highest BCUT2D eigenvalue weighted by Gasteiger charge is 2.48. The highest BCUT2D eigenvalue weighted by atomic mass is 14.6. The molecule has 0 amide bonds. The minimum atomic E-state index is 0.549. The second-order valence-corrected chi connectivity index (χ2v) is 8.90. The van der Waals surface area contributed by atoms with Crippen LogP contribution in [0.5, 0.6) is 0 Å². The predicted octanol–water partition coefficient (Wildman–Crippen LogP) is 4.75. The van der Waals surface area contributed by atoms with Gasteiger partial charge in [-0.1, -0.05) is 19.3 Å². The Labute approximate surface area is 125 Å². The van der Waals surface area contributed by atoms with Crippen molar-refractivity contribution in [2.45, 2.75) is 77.0 Å². The molecule has 4 bridgehead atoms.